The van der Waals surface area contributed by atoms with Crippen molar-refractivity contribution in [1.29, 1.82) is 0 Å². The summed E-state index contributed by atoms with van der Waals surface area (Å²) in [5, 5.41) is 4.08. The molecule has 1 amide bonds. The summed E-state index contributed by atoms with van der Waals surface area (Å²) < 4.78 is 5.34. The number of aromatic nitrogens is 2. The number of benzene rings is 1. The van der Waals surface area contributed by atoms with Gasteiger partial charge in [0, 0.05) is 57.2 Å². The summed E-state index contributed by atoms with van der Waals surface area (Å²) in [4.78, 5) is 25.7. The van der Waals surface area contributed by atoms with Crippen molar-refractivity contribution in [3.05, 3.63) is 46.6 Å². The summed E-state index contributed by atoms with van der Waals surface area (Å²) in [6, 6.07) is 9.45. The van der Waals surface area contributed by atoms with E-state index in [1.54, 1.807) is 6.07 Å². The van der Waals surface area contributed by atoms with Crippen LogP contribution in [0.15, 0.2) is 35.5 Å². The number of nitrogens with one attached hydrogen (secondary N) is 1. The van der Waals surface area contributed by atoms with E-state index in [9.17, 15) is 4.79 Å². The van der Waals surface area contributed by atoms with E-state index in [0.29, 0.717) is 28.2 Å². The maximum absolute atomic E-state index is 12.4. The minimum atomic E-state index is -0.0470. The monoisotopic (exact) mass is 463 g/mol. The van der Waals surface area contributed by atoms with Crippen molar-refractivity contribution in [2.45, 2.75) is 24.3 Å². The Morgan fingerprint density at radius 2 is 2.00 bits per heavy atom. The maximum Gasteiger partial charge on any atom is 0.251 e. The van der Waals surface area contributed by atoms with Gasteiger partial charge in [0.25, 0.3) is 5.91 Å². The van der Waals surface area contributed by atoms with Crippen LogP contribution in [0.25, 0.3) is 0 Å². The third-order valence-corrected chi connectivity index (χ3v) is 6.12. The molecule has 1 saturated heterocycles. The van der Waals surface area contributed by atoms with E-state index < -0.39 is 0 Å². The Kier molecular flexibility index (Phi) is 9.39. The molecule has 0 radical (unpaired) electrons. The van der Waals surface area contributed by atoms with Crippen LogP contribution < -0.4 is 10.2 Å². The van der Waals surface area contributed by atoms with E-state index >= 15 is 0 Å². The van der Waals surface area contributed by atoms with Gasteiger partial charge in [-0.25, -0.2) is 9.97 Å². The van der Waals surface area contributed by atoms with E-state index in [1.165, 1.54) is 11.8 Å². The molecule has 0 bridgehead atoms. The fourth-order valence-electron chi connectivity index (χ4n) is 3.25. The molecule has 168 valence electrons. The lowest BCUT2D eigenvalue weighted by atomic mass is 10.1. The highest BCUT2D eigenvalue weighted by atomic mass is 35.5. The average Bonchev–Trinajstić information content (AvgIpc) is 2.78. The number of halogens is 1. The van der Waals surface area contributed by atoms with E-state index in [-0.39, 0.29) is 5.91 Å². The Bertz CT molecular complexity index is 846. The first-order chi connectivity index (χ1) is 15.0. The second kappa shape index (κ2) is 12.2. The third kappa shape index (κ3) is 7.64. The molecule has 0 saturated carbocycles. The number of hydrogen-bond acceptors (Lipinski definition) is 7. The van der Waals surface area contributed by atoms with Crippen molar-refractivity contribution in [2.24, 2.45) is 0 Å². The van der Waals surface area contributed by atoms with Crippen LogP contribution in [0.3, 0.4) is 0 Å². The van der Waals surface area contributed by atoms with Crippen LogP contribution in [0.2, 0.25) is 5.15 Å². The summed E-state index contributed by atoms with van der Waals surface area (Å²) >= 11 is 7.71. The van der Waals surface area contributed by atoms with Gasteiger partial charge >= 0.3 is 0 Å². The number of carbonyl (C=O) groups excluding carboxylic acids is 1. The van der Waals surface area contributed by atoms with Crippen molar-refractivity contribution in [2.75, 3.05) is 57.9 Å². The average molecular weight is 464 g/mol. The van der Waals surface area contributed by atoms with Crippen LogP contribution in [0.4, 0.5) is 5.82 Å². The molecule has 3 rings (SSSR count). The van der Waals surface area contributed by atoms with Crippen molar-refractivity contribution >= 4 is 35.1 Å². The SMILES string of the molecule is CCCN(C)c1cc(Cl)nc(SCc2ccc(C(=O)NCCN3CCOCC3)cc2)n1. The predicted molar refractivity (Wildman–Crippen MR) is 126 cm³/mol. The Morgan fingerprint density at radius 1 is 1.26 bits per heavy atom. The number of anilines is 1. The van der Waals surface area contributed by atoms with Gasteiger partial charge in [0.2, 0.25) is 0 Å². The zero-order chi connectivity index (χ0) is 22.1. The fourth-order valence-corrected chi connectivity index (χ4v) is 4.29. The van der Waals surface area contributed by atoms with Crippen molar-refractivity contribution in [3.8, 4) is 0 Å². The van der Waals surface area contributed by atoms with Gasteiger partial charge in [0.05, 0.1) is 13.2 Å². The first-order valence-electron chi connectivity index (χ1n) is 10.6. The molecule has 0 spiro atoms. The number of thioether (sulfide) groups is 1. The lowest BCUT2D eigenvalue weighted by Crippen LogP contribution is -2.41. The standard InChI is InChI=1S/C22H30ClN5O2S/c1-3-9-27(2)20-15-19(23)25-22(26-20)31-16-17-4-6-18(7-5-17)21(29)24-8-10-28-11-13-30-14-12-28/h4-7,15H,3,8-14,16H2,1-2H3,(H,24,29). The Morgan fingerprint density at radius 3 is 2.71 bits per heavy atom. The molecule has 0 aliphatic carbocycles. The van der Waals surface area contributed by atoms with E-state index in [0.717, 1.165) is 57.2 Å². The van der Waals surface area contributed by atoms with Gasteiger partial charge in [-0.1, -0.05) is 42.4 Å². The Labute approximate surface area is 193 Å². The van der Waals surface area contributed by atoms with E-state index in [2.05, 4.69) is 32.0 Å². The summed E-state index contributed by atoms with van der Waals surface area (Å²) in [6.07, 6.45) is 1.04. The number of rotatable bonds is 10. The zero-order valence-electron chi connectivity index (χ0n) is 18.1. The Balaban J connectivity index is 1.48. The van der Waals surface area contributed by atoms with Crippen molar-refractivity contribution in [1.82, 2.24) is 20.2 Å². The van der Waals surface area contributed by atoms with E-state index in [4.69, 9.17) is 16.3 Å². The molecular weight excluding hydrogens is 434 g/mol. The van der Waals surface area contributed by atoms with Gasteiger partial charge in [-0.05, 0) is 24.1 Å². The number of ether oxygens (including phenoxy) is 1. The van der Waals surface area contributed by atoms with Gasteiger partial charge < -0.3 is 15.0 Å². The summed E-state index contributed by atoms with van der Waals surface area (Å²) in [6.45, 7) is 7.91. The number of nitrogens with zero attached hydrogens (tertiary/aromatic N) is 4. The quantitative estimate of drug-likeness (QED) is 0.329. The highest BCUT2D eigenvalue weighted by molar-refractivity contribution is 7.98. The minimum Gasteiger partial charge on any atom is -0.379 e. The Hall–Kier alpha value is -1.87. The number of hydrogen-bond donors (Lipinski definition) is 1. The molecule has 7 nitrogen and oxygen atoms in total. The predicted octanol–water partition coefficient (Wildman–Crippen LogP) is 3.33. The molecule has 1 aliphatic rings. The number of carbonyl (C=O) groups is 1. The highest BCUT2D eigenvalue weighted by Crippen LogP contribution is 2.24. The molecule has 1 aromatic carbocycles. The van der Waals surface area contributed by atoms with Crippen LogP contribution in [-0.2, 0) is 10.5 Å². The maximum atomic E-state index is 12.4. The minimum absolute atomic E-state index is 0.0470. The van der Waals surface area contributed by atoms with Gasteiger partial charge in [-0.15, -0.1) is 0 Å². The van der Waals surface area contributed by atoms with Crippen molar-refractivity contribution in [3.63, 3.8) is 0 Å². The molecular formula is C22H30ClN5O2S. The number of morpholine rings is 1. The van der Waals surface area contributed by atoms with Gasteiger partial charge in [0.15, 0.2) is 5.16 Å². The smallest absolute Gasteiger partial charge is 0.251 e. The van der Waals surface area contributed by atoms with Crippen LogP contribution in [0, 0.1) is 0 Å². The zero-order valence-corrected chi connectivity index (χ0v) is 19.7. The van der Waals surface area contributed by atoms with Gasteiger partial charge in [0.1, 0.15) is 11.0 Å². The van der Waals surface area contributed by atoms with Gasteiger partial charge in [-0.3, -0.25) is 9.69 Å². The number of amides is 1. The molecule has 0 atom stereocenters. The molecule has 31 heavy (non-hydrogen) atoms. The fraction of sp³-hybridized carbons (Fsp3) is 0.500. The summed E-state index contributed by atoms with van der Waals surface area (Å²) in [5.41, 5.74) is 1.76. The van der Waals surface area contributed by atoms with Crippen molar-refractivity contribution < 1.29 is 9.53 Å². The molecule has 2 heterocycles. The van der Waals surface area contributed by atoms with Crippen LogP contribution in [-0.4, -0.2) is 73.8 Å². The summed E-state index contributed by atoms with van der Waals surface area (Å²) in [5.74, 6) is 1.48. The van der Waals surface area contributed by atoms with Crippen LogP contribution in [0.5, 0.6) is 0 Å². The largest absolute Gasteiger partial charge is 0.379 e. The molecule has 9 heteroatoms. The van der Waals surface area contributed by atoms with Gasteiger partial charge in [-0.2, -0.15) is 0 Å². The topological polar surface area (TPSA) is 70.6 Å². The summed E-state index contributed by atoms with van der Waals surface area (Å²) in [7, 11) is 2.00. The molecule has 1 aromatic heterocycles. The lowest BCUT2D eigenvalue weighted by Gasteiger charge is -2.26. The molecule has 1 fully saturated rings. The van der Waals surface area contributed by atoms with Crippen LogP contribution in [0.1, 0.15) is 29.3 Å². The third-order valence-electron chi connectivity index (χ3n) is 5.01. The first-order valence-corrected chi connectivity index (χ1v) is 12.0. The first kappa shape index (κ1) is 23.8. The second-order valence-electron chi connectivity index (χ2n) is 7.45. The molecule has 2 aromatic rings. The molecule has 0 unspecified atom stereocenters. The van der Waals surface area contributed by atoms with E-state index in [1.807, 2.05) is 31.3 Å². The molecule has 1 N–H and O–H groups in total. The van der Waals surface area contributed by atoms with Crippen LogP contribution >= 0.6 is 23.4 Å². The second-order valence-corrected chi connectivity index (χ2v) is 8.78. The lowest BCUT2D eigenvalue weighted by molar-refractivity contribution is 0.0383. The molecule has 1 aliphatic heterocycles. The highest BCUT2D eigenvalue weighted by Gasteiger charge is 2.12. The normalized spacial score (nSPS) is 14.4.